The van der Waals surface area contributed by atoms with Gasteiger partial charge in [-0.15, -0.1) is 18.2 Å². The van der Waals surface area contributed by atoms with Crippen molar-refractivity contribution in [2.45, 2.75) is 6.54 Å². The number of fused-ring (bicyclic) bond motifs is 3. The van der Waals surface area contributed by atoms with Crippen molar-refractivity contribution < 1.29 is 126 Å². The molecule has 5 N–H and O–H groups in total. The molecule has 185 valence electrons. The van der Waals surface area contributed by atoms with Gasteiger partial charge in [-0.05, 0) is 0 Å². The molecular formula is C27H19N2O6Y3-3. The number of nitrogens with two attached hydrogens (primary N) is 2. The number of hydrogen-bond acceptors (Lipinski definition) is 6. The van der Waals surface area contributed by atoms with E-state index < -0.39 is 11.9 Å². The van der Waals surface area contributed by atoms with Gasteiger partial charge in [-0.25, -0.2) is 4.79 Å². The summed E-state index contributed by atoms with van der Waals surface area (Å²) in [5.74, 6) is -0.633. The predicted octanol–water partition coefficient (Wildman–Crippen LogP) is 4.95. The van der Waals surface area contributed by atoms with Crippen molar-refractivity contribution in [2.24, 2.45) is 11.5 Å². The molecule has 0 atom stereocenters. The summed E-state index contributed by atoms with van der Waals surface area (Å²) in [7, 11) is 0. The number of primary amides is 1. The minimum absolute atomic E-state index is 0. The average Bonchev–Trinajstić information content (AvgIpc) is 3.60. The van der Waals surface area contributed by atoms with Gasteiger partial charge in [-0.1, -0.05) is 34.4 Å². The first-order valence-electron chi connectivity index (χ1n) is 10.4. The molecule has 8 nitrogen and oxygen atoms in total. The van der Waals surface area contributed by atoms with Crippen LogP contribution < -0.4 is 11.5 Å². The second-order valence-corrected chi connectivity index (χ2v) is 7.20. The Kier molecular flexibility index (Phi) is 15.0. The largest absolute Gasteiger partial charge is 0.486 e. The standard InChI is InChI=1S/C9H6NO2.C9H8NO.C9H5O3.3Y/c10-9(11)8-5-6-3-1-2-4-7(6)12-8;10-6-8-5-7-3-1-2-4-9(7)11-8;10-9(11)8-5-6-3-1-2-4-7(6)12-8;;;/h2-5H,(H2,10,11);2-5H,6,10H2;2-5H,(H,10,11);;;/q3*-1;;;. The molecule has 0 fully saturated rings. The summed E-state index contributed by atoms with van der Waals surface area (Å²) in [6.07, 6.45) is 0. The fourth-order valence-corrected chi connectivity index (χ4v) is 3.15. The molecular weight excluding hydrogens is 715 g/mol. The van der Waals surface area contributed by atoms with Crippen molar-refractivity contribution in [3.05, 3.63) is 108 Å². The monoisotopic (exact) mass is 734 g/mol. The van der Waals surface area contributed by atoms with Gasteiger partial charge in [-0.3, -0.25) is 4.79 Å². The normalized spacial score (nSPS) is 9.61. The van der Waals surface area contributed by atoms with Crippen LogP contribution in [-0.2, 0) is 105 Å². The van der Waals surface area contributed by atoms with Crippen molar-refractivity contribution in [2.75, 3.05) is 0 Å². The molecule has 0 bridgehead atoms. The van der Waals surface area contributed by atoms with Crippen LogP contribution in [0.5, 0.6) is 0 Å². The van der Waals surface area contributed by atoms with Crippen LogP contribution >= 0.6 is 0 Å². The first kappa shape index (κ1) is 34.5. The summed E-state index contributed by atoms with van der Waals surface area (Å²) in [6.45, 7) is 0.453. The topological polar surface area (TPSA) is 146 Å². The van der Waals surface area contributed by atoms with Crippen LogP contribution in [0, 0.1) is 18.2 Å². The summed E-state index contributed by atoms with van der Waals surface area (Å²) < 4.78 is 15.5. The minimum atomic E-state index is -1.05. The molecule has 3 radical (unpaired) electrons. The van der Waals surface area contributed by atoms with Gasteiger partial charge >= 0.3 is 5.97 Å². The van der Waals surface area contributed by atoms with Gasteiger partial charge in [-0.2, -0.15) is 54.6 Å². The van der Waals surface area contributed by atoms with Crippen LogP contribution in [0.3, 0.4) is 0 Å². The maximum atomic E-state index is 10.7. The van der Waals surface area contributed by atoms with Gasteiger partial charge in [0.1, 0.15) is 5.76 Å². The fraction of sp³-hybridized carbons (Fsp3) is 0.0370. The van der Waals surface area contributed by atoms with E-state index in [1.54, 1.807) is 42.5 Å². The van der Waals surface area contributed by atoms with Crippen molar-refractivity contribution in [3.8, 4) is 0 Å². The van der Waals surface area contributed by atoms with Crippen LogP contribution in [0.4, 0.5) is 0 Å². The molecule has 0 aliphatic carbocycles. The smallest absolute Gasteiger partial charge is 0.370 e. The molecule has 0 aliphatic heterocycles. The second-order valence-electron chi connectivity index (χ2n) is 7.20. The Bertz CT molecular complexity index is 1440. The van der Waals surface area contributed by atoms with Gasteiger partial charge in [0.2, 0.25) is 0 Å². The number of carboxylic acid groups (broad SMARTS) is 1. The van der Waals surface area contributed by atoms with Crippen molar-refractivity contribution >= 4 is 44.8 Å². The molecule has 6 rings (SSSR count). The zero-order chi connectivity index (χ0) is 24.8. The molecule has 0 aliphatic rings. The van der Waals surface area contributed by atoms with Crippen LogP contribution in [-0.4, -0.2) is 17.0 Å². The number of amides is 1. The van der Waals surface area contributed by atoms with E-state index in [9.17, 15) is 9.59 Å². The summed E-state index contributed by atoms with van der Waals surface area (Å²) in [4.78, 5) is 21.2. The second kappa shape index (κ2) is 16.6. The van der Waals surface area contributed by atoms with Crippen molar-refractivity contribution in [1.29, 1.82) is 0 Å². The van der Waals surface area contributed by atoms with Gasteiger partial charge in [0, 0.05) is 115 Å². The molecule has 38 heavy (non-hydrogen) atoms. The maximum Gasteiger partial charge on any atom is 0.370 e. The summed E-state index contributed by atoms with van der Waals surface area (Å²) in [6, 6.07) is 29.5. The Morgan fingerprint density at radius 3 is 1.53 bits per heavy atom. The maximum absolute atomic E-state index is 10.7. The minimum Gasteiger partial charge on any atom is -0.486 e. The van der Waals surface area contributed by atoms with E-state index in [-0.39, 0.29) is 110 Å². The molecule has 3 aromatic carbocycles. The van der Waals surface area contributed by atoms with Crippen LogP contribution in [0.2, 0.25) is 0 Å². The molecule has 0 unspecified atom stereocenters. The number of aromatic carboxylic acids is 1. The summed E-state index contributed by atoms with van der Waals surface area (Å²) in [5.41, 5.74) is 12.6. The van der Waals surface area contributed by atoms with E-state index in [0.717, 1.165) is 27.5 Å². The molecule has 0 spiro atoms. The van der Waals surface area contributed by atoms with E-state index in [1.165, 1.54) is 6.07 Å². The van der Waals surface area contributed by atoms with E-state index >= 15 is 0 Å². The molecule has 1 amide bonds. The number of furan rings is 3. The number of carbonyl (C=O) groups is 2. The summed E-state index contributed by atoms with van der Waals surface area (Å²) in [5, 5.41) is 11.2. The van der Waals surface area contributed by atoms with Gasteiger partial charge in [0.25, 0.3) is 5.91 Å². The number of carboxylic acids is 1. The number of rotatable bonds is 3. The number of carbonyl (C=O) groups excluding carboxylic acids is 1. The number of benzene rings is 3. The van der Waals surface area contributed by atoms with E-state index in [1.807, 2.05) is 24.3 Å². The van der Waals surface area contributed by atoms with Crippen LogP contribution in [0.25, 0.3) is 32.9 Å². The third-order valence-electron chi connectivity index (χ3n) is 4.79. The predicted molar refractivity (Wildman–Crippen MR) is 129 cm³/mol. The van der Waals surface area contributed by atoms with E-state index in [2.05, 4.69) is 18.2 Å². The number of hydrogen-bond donors (Lipinski definition) is 3. The first-order valence-corrected chi connectivity index (χ1v) is 10.4. The quantitative estimate of drug-likeness (QED) is 0.218. The Hall–Kier alpha value is -1.51. The summed E-state index contributed by atoms with van der Waals surface area (Å²) >= 11 is 0. The third-order valence-corrected chi connectivity index (χ3v) is 4.79. The molecule has 0 saturated heterocycles. The molecule has 0 saturated carbocycles. The van der Waals surface area contributed by atoms with Crippen LogP contribution in [0.1, 0.15) is 26.9 Å². The van der Waals surface area contributed by atoms with Crippen LogP contribution in [0.15, 0.2) is 86.0 Å². The van der Waals surface area contributed by atoms with Gasteiger partial charge in [0.15, 0.2) is 11.5 Å². The van der Waals surface area contributed by atoms with Gasteiger partial charge < -0.3 is 29.8 Å². The molecule has 11 heteroatoms. The average molecular weight is 734 g/mol. The van der Waals surface area contributed by atoms with Gasteiger partial charge in [0.05, 0.1) is 6.54 Å². The Morgan fingerprint density at radius 1 is 0.711 bits per heavy atom. The first-order chi connectivity index (χ1) is 16.9. The Labute approximate surface area is 293 Å². The fourth-order valence-electron chi connectivity index (χ4n) is 3.15. The SMILES string of the molecule is NC(=O)c1cc2c[c-]ccc2o1.NCc1cc2c[c-]ccc2o1.O=C(O)c1cc2c[c-]ccc2o1.[Y].[Y].[Y]. The van der Waals surface area contributed by atoms with Crippen molar-refractivity contribution in [1.82, 2.24) is 0 Å². The Morgan fingerprint density at radius 2 is 1.13 bits per heavy atom. The zero-order valence-electron chi connectivity index (χ0n) is 20.0. The van der Waals surface area contributed by atoms with E-state index in [0.29, 0.717) is 17.7 Å². The third kappa shape index (κ3) is 9.02. The van der Waals surface area contributed by atoms with Crippen molar-refractivity contribution in [3.63, 3.8) is 0 Å². The zero-order valence-corrected chi connectivity index (χ0v) is 28.5. The Balaban J connectivity index is 0.000000274. The molecule has 3 aromatic heterocycles. The van der Waals surface area contributed by atoms with E-state index in [4.69, 9.17) is 29.8 Å². The molecule has 6 aromatic rings. The molecule has 3 heterocycles.